The smallest absolute Gasteiger partial charge is 0.319 e. The van der Waals surface area contributed by atoms with E-state index in [2.05, 4.69) is 20.9 Å². The first-order chi connectivity index (χ1) is 11.0. The summed E-state index contributed by atoms with van der Waals surface area (Å²) in [5.74, 6) is -0.105. The second-order valence-corrected chi connectivity index (χ2v) is 6.04. The summed E-state index contributed by atoms with van der Waals surface area (Å²) in [6, 6.07) is 6.74. The van der Waals surface area contributed by atoms with Crippen molar-refractivity contribution in [2.45, 2.75) is 26.3 Å². The number of amides is 3. The number of para-hydroxylation sites is 1. The van der Waals surface area contributed by atoms with Crippen molar-refractivity contribution in [3.8, 4) is 0 Å². The quantitative estimate of drug-likeness (QED) is 0.787. The predicted octanol–water partition coefficient (Wildman–Crippen LogP) is 2.62. The van der Waals surface area contributed by atoms with Crippen LogP contribution in [-0.4, -0.2) is 24.0 Å². The van der Waals surface area contributed by atoms with Crippen LogP contribution in [0.1, 0.15) is 29.2 Å². The summed E-state index contributed by atoms with van der Waals surface area (Å²) < 4.78 is 0. The molecule has 1 unspecified atom stereocenters. The summed E-state index contributed by atoms with van der Waals surface area (Å²) >= 11 is 1.51. The number of carbonyl (C=O) groups is 2. The van der Waals surface area contributed by atoms with E-state index in [0.29, 0.717) is 5.69 Å². The van der Waals surface area contributed by atoms with Gasteiger partial charge in [-0.2, -0.15) is 0 Å². The third kappa shape index (κ3) is 4.79. The highest BCUT2D eigenvalue weighted by molar-refractivity contribution is 7.09. The Bertz CT molecular complexity index is 699. The van der Waals surface area contributed by atoms with Crippen molar-refractivity contribution in [1.29, 1.82) is 0 Å². The van der Waals surface area contributed by atoms with Crippen LogP contribution in [0.5, 0.6) is 0 Å². The molecule has 0 fully saturated rings. The fraction of sp³-hybridized carbons (Fsp3) is 0.312. The molecule has 6 nitrogen and oxygen atoms in total. The number of benzene rings is 1. The maximum atomic E-state index is 12.2. The van der Waals surface area contributed by atoms with Gasteiger partial charge in [0.05, 0.1) is 12.5 Å². The standard InChI is InChI=1S/C16H20N4O2S/c1-10-9-23-15(18-10)11(2)19-16(22)20-13-7-5-4-6-12(13)8-14(21)17-3/h4-7,9,11H,8H2,1-3H3,(H,17,21)(H2,19,20,22). The van der Waals surface area contributed by atoms with Gasteiger partial charge in [-0.15, -0.1) is 11.3 Å². The maximum Gasteiger partial charge on any atom is 0.319 e. The average Bonchev–Trinajstić information content (AvgIpc) is 2.95. The number of thiazole rings is 1. The van der Waals surface area contributed by atoms with E-state index in [4.69, 9.17) is 0 Å². The maximum absolute atomic E-state index is 12.2. The molecule has 7 heteroatoms. The lowest BCUT2D eigenvalue weighted by Crippen LogP contribution is -2.31. The van der Waals surface area contributed by atoms with Gasteiger partial charge in [0.15, 0.2) is 0 Å². The van der Waals surface area contributed by atoms with E-state index in [1.54, 1.807) is 13.1 Å². The average molecular weight is 332 g/mol. The summed E-state index contributed by atoms with van der Waals surface area (Å²) in [6.45, 7) is 3.80. The fourth-order valence-electron chi connectivity index (χ4n) is 2.05. The molecule has 1 aromatic carbocycles. The molecule has 0 aliphatic heterocycles. The van der Waals surface area contributed by atoms with Gasteiger partial charge in [0.25, 0.3) is 0 Å². The molecule has 0 aliphatic carbocycles. The van der Waals surface area contributed by atoms with Crippen LogP contribution in [0.3, 0.4) is 0 Å². The minimum atomic E-state index is -0.324. The van der Waals surface area contributed by atoms with Crippen molar-refractivity contribution in [1.82, 2.24) is 15.6 Å². The van der Waals surface area contributed by atoms with Gasteiger partial charge in [-0.25, -0.2) is 9.78 Å². The highest BCUT2D eigenvalue weighted by Gasteiger charge is 2.14. The number of hydrogen-bond donors (Lipinski definition) is 3. The molecule has 1 atom stereocenters. The summed E-state index contributed by atoms with van der Waals surface area (Å²) in [5.41, 5.74) is 2.32. The summed E-state index contributed by atoms with van der Waals surface area (Å²) in [7, 11) is 1.59. The zero-order valence-corrected chi connectivity index (χ0v) is 14.2. The molecule has 0 saturated carbocycles. The molecular weight excluding hydrogens is 312 g/mol. The van der Waals surface area contributed by atoms with Crippen LogP contribution < -0.4 is 16.0 Å². The Kier molecular flexibility index (Phi) is 5.70. The molecule has 0 bridgehead atoms. The predicted molar refractivity (Wildman–Crippen MR) is 91.6 cm³/mol. The summed E-state index contributed by atoms with van der Waals surface area (Å²) in [5, 5.41) is 11.0. The van der Waals surface area contributed by atoms with Gasteiger partial charge < -0.3 is 16.0 Å². The lowest BCUT2D eigenvalue weighted by molar-refractivity contribution is -0.119. The van der Waals surface area contributed by atoms with Crippen molar-refractivity contribution in [3.63, 3.8) is 0 Å². The molecule has 0 aliphatic rings. The van der Waals surface area contributed by atoms with Crippen LogP contribution in [0.2, 0.25) is 0 Å². The number of rotatable bonds is 5. The van der Waals surface area contributed by atoms with E-state index in [0.717, 1.165) is 16.3 Å². The lowest BCUT2D eigenvalue weighted by Gasteiger charge is -2.14. The molecular formula is C16H20N4O2S. The molecule has 122 valence electrons. The Morgan fingerprint density at radius 1 is 1.30 bits per heavy atom. The minimum Gasteiger partial charge on any atom is -0.359 e. The Labute approximate surface area is 139 Å². The van der Waals surface area contributed by atoms with Crippen molar-refractivity contribution in [2.75, 3.05) is 12.4 Å². The van der Waals surface area contributed by atoms with E-state index >= 15 is 0 Å². The van der Waals surface area contributed by atoms with Crippen LogP contribution in [-0.2, 0) is 11.2 Å². The SMILES string of the molecule is CNC(=O)Cc1ccccc1NC(=O)NC(C)c1nc(C)cs1. The third-order valence-corrected chi connectivity index (χ3v) is 4.40. The minimum absolute atomic E-state index is 0.105. The molecule has 1 aromatic heterocycles. The second-order valence-electron chi connectivity index (χ2n) is 5.15. The van der Waals surface area contributed by atoms with Gasteiger partial charge in [-0.3, -0.25) is 4.79 Å². The van der Waals surface area contributed by atoms with E-state index in [-0.39, 0.29) is 24.4 Å². The molecule has 0 radical (unpaired) electrons. The Hall–Kier alpha value is -2.41. The number of nitrogens with zero attached hydrogens (tertiary/aromatic N) is 1. The van der Waals surface area contributed by atoms with Crippen LogP contribution >= 0.6 is 11.3 Å². The monoisotopic (exact) mass is 332 g/mol. The zero-order chi connectivity index (χ0) is 16.8. The molecule has 0 saturated heterocycles. The highest BCUT2D eigenvalue weighted by atomic mass is 32.1. The lowest BCUT2D eigenvalue weighted by atomic mass is 10.1. The van der Waals surface area contributed by atoms with Gasteiger partial charge in [0.1, 0.15) is 5.01 Å². The van der Waals surface area contributed by atoms with E-state index in [9.17, 15) is 9.59 Å². The number of aryl methyl sites for hydroxylation is 1. The van der Waals surface area contributed by atoms with Gasteiger partial charge in [0, 0.05) is 23.8 Å². The van der Waals surface area contributed by atoms with Gasteiger partial charge in [0.2, 0.25) is 5.91 Å². The van der Waals surface area contributed by atoms with Crippen LogP contribution in [0, 0.1) is 6.92 Å². The number of hydrogen-bond acceptors (Lipinski definition) is 4. The summed E-state index contributed by atoms with van der Waals surface area (Å²) in [4.78, 5) is 28.1. The fourth-order valence-corrected chi connectivity index (χ4v) is 2.85. The highest BCUT2D eigenvalue weighted by Crippen LogP contribution is 2.19. The molecule has 3 N–H and O–H groups in total. The number of carbonyl (C=O) groups excluding carboxylic acids is 2. The van der Waals surface area contributed by atoms with Gasteiger partial charge >= 0.3 is 6.03 Å². The molecule has 0 spiro atoms. The normalized spacial score (nSPS) is 11.6. The van der Waals surface area contributed by atoms with E-state index < -0.39 is 0 Å². The van der Waals surface area contributed by atoms with Gasteiger partial charge in [-0.1, -0.05) is 18.2 Å². The summed E-state index contributed by atoms with van der Waals surface area (Å²) in [6.07, 6.45) is 0.216. The first-order valence-electron chi connectivity index (χ1n) is 7.27. The van der Waals surface area contributed by atoms with Crippen molar-refractivity contribution in [3.05, 3.63) is 45.9 Å². The number of nitrogens with one attached hydrogen (secondary N) is 3. The Morgan fingerprint density at radius 2 is 2.04 bits per heavy atom. The molecule has 23 heavy (non-hydrogen) atoms. The number of anilines is 1. The first-order valence-corrected chi connectivity index (χ1v) is 8.15. The van der Waals surface area contributed by atoms with Gasteiger partial charge in [-0.05, 0) is 25.5 Å². The Balaban J connectivity index is 2.01. The van der Waals surface area contributed by atoms with Crippen LogP contribution in [0.4, 0.5) is 10.5 Å². The van der Waals surface area contributed by atoms with Crippen molar-refractivity contribution in [2.24, 2.45) is 0 Å². The number of urea groups is 1. The zero-order valence-electron chi connectivity index (χ0n) is 13.3. The van der Waals surface area contributed by atoms with E-state index in [1.807, 2.05) is 37.4 Å². The van der Waals surface area contributed by atoms with E-state index in [1.165, 1.54) is 11.3 Å². The van der Waals surface area contributed by atoms with Crippen molar-refractivity contribution >= 4 is 29.0 Å². The Morgan fingerprint density at radius 3 is 2.70 bits per heavy atom. The second kappa shape index (κ2) is 7.73. The van der Waals surface area contributed by atoms with Crippen LogP contribution in [0.15, 0.2) is 29.6 Å². The number of aromatic nitrogens is 1. The first kappa shape index (κ1) is 17.0. The van der Waals surface area contributed by atoms with Crippen LogP contribution in [0.25, 0.3) is 0 Å². The third-order valence-electron chi connectivity index (χ3n) is 3.25. The largest absolute Gasteiger partial charge is 0.359 e. The molecule has 2 aromatic rings. The van der Waals surface area contributed by atoms with Crippen molar-refractivity contribution < 1.29 is 9.59 Å². The molecule has 2 rings (SSSR count). The topological polar surface area (TPSA) is 83.1 Å². The molecule has 1 heterocycles. The number of likely N-dealkylation sites (N-methyl/N-ethyl adjacent to an activating group) is 1. The molecule has 3 amide bonds.